The third-order valence-corrected chi connectivity index (χ3v) is 3.77. The Hall–Kier alpha value is -0.940. The molecule has 2 rings (SSSR count). The summed E-state index contributed by atoms with van der Waals surface area (Å²) in [6.07, 6.45) is 2.67. The summed E-state index contributed by atoms with van der Waals surface area (Å²) >= 11 is 3.29. The zero-order chi connectivity index (χ0) is 13.0. The van der Waals surface area contributed by atoms with Crippen molar-refractivity contribution < 1.29 is 9.18 Å². The molecule has 0 aromatic heterocycles. The summed E-state index contributed by atoms with van der Waals surface area (Å²) in [5, 5.41) is 6.02. The summed E-state index contributed by atoms with van der Waals surface area (Å²) in [6, 6.07) is 4.26. The van der Waals surface area contributed by atoms with Crippen LogP contribution in [-0.2, 0) is 4.79 Å². The van der Waals surface area contributed by atoms with E-state index in [1.807, 2.05) is 0 Å². The number of piperidine rings is 1. The lowest BCUT2D eigenvalue weighted by Crippen LogP contribution is -2.32. The molecule has 1 fully saturated rings. The predicted molar refractivity (Wildman–Crippen MR) is 72.9 cm³/mol. The number of hydrogen-bond acceptors (Lipinski definition) is 2. The van der Waals surface area contributed by atoms with Gasteiger partial charge in [-0.1, -0.05) is 0 Å². The largest absolute Gasteiger partial charge is 0.325 e. The fraction of sp³-hybridized carbons (Fsp3) is 0.462. The maximum atomic E-state index is 13.1. The molecule has 0 saturated carbocycles. The number of amides is 1. The first-order chi connectivity index (χ1) is 8.65. The van der Waals surface area contributed by atoms with Gasteiger partial charge in [0, 0.05) is 10.9 Å². The van der Waals surface area contributed by atoms with Crippen LogP contribution in [0.15, 0.2) is 22.7 Å². The third kappa shape index (κ3) is 3.78. The fourth-order valence-electron chi connectivity index (χ4n) is 2.15. The number of halogens is 2. The normalized spacial score (nSPS) is 19.6. The van der Waals surface area contributed by atoms with Crippen molar-refractivity contribution in [3.63, 3.8) is 0 Å². The Morgan fingerprint density at radius 1 is 1.56 bits per heavy atom. The van der Waals surface area contributed by atoms with Crippen LogP contribution in [0.2, 0.25) is 0 Å². The maximum absolute atomic E-state index is 13.1. The second-order valence-corrected chi connectivity index (χ2v) is 5.44. The molecule has 1 amide bonds. The molecule has 1 aromatic rings. The monoisotopic (exact) mass is 314 g/mol. The highest BCUT2D eigenvalue weighted by Gasteiger charge is 2.17. The second-order valence-electron chi connectivity index (χ2n) is 4.59. The molecule has 18 heavy (non-hydrogen) atoms. The number of anilines is 1. The van der Waals surface area contributed by atoms with E-state index in [9.17, 15) is 9.18 Å². The first-order valence-electron chi connectivity index (χ1n) is 6.11. The van der Waals surface area contributed by atoms with E-state index in [0.717, 1.165) is 25.9 Å². The van der Waals surface area contributed by atoms with Gasteiger partial charge in [-0.15, -0.1) is 0 Å². The van der Waals surface area contributed by atoms with Crippen LogP contribution in [0.4, 0.5) is 10.1 Å². The van der Waals surface area contributed by atoms with Gasteiger partial charge in [0.25, 0.3) is 0 Å². The lowest BCUT2D eigenvalue weighted by atomic mass is 9.96. The van der Waals surface area contributed by atoms with E-state index in [4.69, 9.17) is 0 Å². The molecule has 0 aliphatic carbocycles. The van der Waals surface area contributed by atoms with Crippen molar-refractivity contribution in [2.45, 2.75) is 19.3 Å². The van der Waals surface area contributed by atoms with Crippen molar-refractivity contribution in [1.29, 1.82) is 0 Å². The molecule has 1 saturated heterocycles. The van der Waals surface area contributed by atoms with Crippen molar-refractivity contribution in [3.8, 4) is 0 Å². The minimum absolute atomic E-state index is 0.0602. The first kappa shape index (κ1) is 13.5. The van der Waals surface area contributed by atoms with Gasteiger partial charge in [-0.25, -0.2) is 4.39 Å². The molecule has 1 heterocycles. The van der Waals surface area contributed by atoms with Crippen LogP contribution in [0.3, 0.4) is 0 Å². The Labute approximate surface area is 114 Å². The summed E-state index contributed by atoms with van der Waals surface area (Å²) in [4.78, 5) is 11.9. The Bertz CT molecular complexity index is 433. The van der Waals surface area contributed by atoms with E-state index in [0.29, 0.717) is 22.5 Å². The third-order valence-electron chi connectivity index (χ3n) is 3.08. The highest BCUT2D eigenvalue weighted by atomic mass is 79.9. The highest BCUT2D eigenvalue weighted by molar-refractivity contribution is 9.10. The summed E-state index contributed by atoms with van der Waals surface area (Å²) in [7, 11) is 0. The maximum Gasteiger partial charge on any atom is 0.224 e. The van der Waals surface area contributed by atoms with Crippen LogP contribution < -0.4 is 10.6 Å². The number of carbonyl (C=O) groups is 1. The molecule has 1 atom stereocenters. The van der Waals surface area contributed by atoms with Gasteiger partial charge in [0.05, 0.1) is 5.69 Å². The van der Waals surface area contributed by atoms with Crippen LogP contribution in [0.25, 0.3) is 0 Å². The van der Waals surface area contributed by atoms with Gasteiger partial charge in [-0.05, 0) is 66.0 Å². The number of hydrogen-bond donors (Lipinski definition) is 2. The molecule has 1 aliphatic rings. The summed E-state index contributed by atoms with van der Waals surface area (Å²) in [5.74, 6) is -0.0334. The molecule has 2 N–H and O–H groups in total. The molecule has 1 aliphatic heterocycles. The first-order valence-corrected chi connectivity index (χ1v) is 6.90. The zero-order valence-corrected chi connectivity index (χ0v) is 11.6. The van der Waals surface area contributed by atoms with Gasteiger partial charge >= 0.3 is 0 Å². The van der Waals surface area contributed by atoms with E-state index < -0.39 is 0 Å². The Morgan fingerprint density at radius 3 is 3.11 bits per heavy atom. The molecule has 1 aromatic carbocycles. The van der Waals surface area contributed by atoms with Gasteiger partial charge in [0.1, 0.15) is 5.82 Å². The molecule has 98 valence electrons. The molecule has 3 nitrogen and oxygen atoms in total. The fourth-order valence-corrected chi connectivity index (χ4v) is 2.50. The van der Waals surface area contributed by atoms with Crippen molar-refractivity contribution >= 4 is 27.5 Å². The second kappa shape index (κ2) is 6.29. The Kier molecular flexibility index (Phi) is 4.72. The highest BCUT2D eigenvalue weighted by Crippen LogP contribution is 2.24. The number of carbonyl (C=O) groups excluding carboxylic acids is 1. The van der Waals surface area contributed by atoms with Gasteiger partial charge in [-0.2, -0.15) is 0 Å². The number of nitrogens with one attached hydrogen (secondary N) is 2. The molecule has 0 bridgehead atoms. The Morgan fingerprint density at radius 2 is 2.39 bits per heavy atom. The van der Waals surface area contributed by atoms with E-state index in [1.165, 1.54) is 12.1 Å². The summed E-state index contributed by atoms with van der Waals surface area (Å²) < 4.78 is 13.8. The van der Waals surface area contributed by atoms with Crippen LogP contribution >= 0.6 is 15.9 Å². The topological polar surface area (TPSA) is 41.1 Å². The van der Waals surface area contributed by atoms with Crippen LogP contribution in [0, 0.1) is 11.7 Å². The molecule has 0 radical (unpaired) electrons. The quantitative estimate of drug-likeness (QED) is 0.900. The van der Waals surface area contributed by atoms with Gasteiger partial charge in [-0.3, -0.25) is 4.79 Å². The summed E-state index contributed by atoms with van der Waals surface area (Å²) in [6.45, 7) is 1.92. The van der Waals surface area contributed by atoms with Gasteiger partial charge in [0.15, 0.2) is 0 Å². The number of rotatable bonds is 3. The molecular formula is C13H16BrFN2O. The molecule has 1 unspecified atom stereocenters. The molecule has 0 spiro atoms. The van der Waals surface area contributed by atoms with Crippen LogP contribution in [-0.4, -0.2) is 19.0 Å². The van der Waals surface area contributed by atoms with Crippen molar-refractivity contribution in [1.82, 2.24) is 5.32 Å². The lowest BCUT2D eigenvalue weighted by molar-refractivity contribution is -0.117. The number of benzene rings is 1. The SMILES string of the molecule is O=C(CC1CCCNC1)Nc1cc(F)ccc1Br. The van der Waals surface area contributed by atoms with Crippen LogP contribution in [0.1, 0.15) is 19.3 Å². The van der Waals surface area contributed by atoms with E-state index in [-0.39, 0.29) is 11.7 Å². The van der Waals surface area contributed by atoms with Gasteiger partial charge < -0.3 is 10.6 Å². The van der Waals surface area contributed by atoms with Crippen molar-refractivity contribution in [3.05, 3.63) is 28.5 Å². The van der Waals surface area contributed by atoms with Crippen molar-refractivity contribution in [2.24, 2.45) is 5.92 Å². The average molecular weight is 315 g/mol. The van der Waals surface area contributed by atoms with E-state index in [2.05, 4.69) is 26.6 Å². The minimum atomic E-state index is -0.354. The molecule has 5 heteroatoms. The minimum Gasteiger partial charge on any atom is -0.325 e. The average Bonchev–Trinajstić information content (AvgIpc) is 2.35. The standard InChI is InChI=1S/C13H16BrFN2O/c14-11-4-3-10(15)7-12(11)17-13(18)6-9-2-1-5-16-8-9/h3-4,7,9,16H,1-2,5-6,8H2,(H,17,18). The molecular weight excluding hydrogens is 299 g/mol. The van der Waals surface area contributed by atoms with E-state index in [1.54, 1.807) is 6.07 Å². The summed E-state index contributed by atoms with van der Waals surface area (Å²) in [5.41, 5.74) is 0.490. The van der Waals surface area contributed by atoms with Gasteiger partial charge in [0.2, 0.25) is 5.91 Å². The zero-order valence-electron chi connectivity index (χ0n) is 10.0. The van der Waals surface area contributed by atoms with Crippen molar-refractivity contribution in [2.75, 3.05) is 18.4 Å². The van der Waals surface area contributed by atoms with Crippen LogP contribution in [0.5, 0.6) is 0 Å². The smallest absolute Gasteiger partial charge is 0.224 e. The lowest BCUT2D eigenvalue weighted by Gasteiger charge is -2.22. The predicted octanol–water partition coefficient (Wildman–Crippen LogP) is 2.92. The van der Waals surface area contributed by atoms with E-state index >= 15 is 0 Å². The Balaban J connectivity index is 1.92.